The molecule has 2 saturated heterocycles. The lowest BCUT2D eigenvalue weighted by Crippen LogP contribution is -2.41. The van der Waals surface area contributed by atoms with E-state index in [0.717, 1.165) is 29.9 Å². The molecule has 1 N–H and O–H groups in total. The molecule has 7 heteroatoms. The maximum absolute atomic E-state index is 13.1. The molecule has 3 aromatic rings. The second kappa shape index (κ2) is 6.84. The Bertz CT molecular complexity index is 926. The SMILES string of the molecule is Fc1ccc(-c2cn(-c3ccc(CO[C@@H]4CNC[C@H]5O[C@H]45)cc3)nn2)cc1. The van der Waals surface area contributed by atoms with Crippen LogP contribution in [0.5, 0.6) is 0 Å². The third kappa shape index (κ3) is 3.49. The van der Waals surface area contributed by atoms with Gasteiger partial charge in [0, 0.05) is 18.7 Å². The van der Waals surface area contributed by atoms with Crippen LogP contribution in [0, 0.1) is 5.82 Å². The monoisotopic (exact) mass is 366 g/mol. The van der Waals surface area contributed by atoms with E-state index in [1.807, 2.05) is 30.5 Å². The summed E-state index contributed by atoms with van der Waals surface area (Å²) in [5, 5.41) is 11.7. The Morgan fingerprint density at radius 2 is 1.93 bits per heavy atom. The predicted octanol–water partition coefficient (Wildman–Crippen LogP) is 2.33. The van der Waals surface area contributed by atoms with Crippen molar-refractivity contribution >= 4 is 0 Å². The number of piperidine rings is 1. The van der Waals surface area contributed by atoms with Gasteiger partial charge in [-0.15, -0.1) is 5.10 Å². The van der Waals surface area contributed by atoms with Gasteiger partial charge in [0.05, 0.1) is 30.7 Å². The smallest absolute Gasteiger partial charge is 0.123 e. The number of halogens is 1. The third-order valence-electron chi connectivity index (χ3n) is 4.98. The summed E-state index contributed by atoms with van der Waals surface area (Å²) >= 11 is 0. The number of fused-ring (bicyclic) bond motifs is 1. The van der Waals surface area contributed by atoms with Crippen molar-refractivity contribution in [3.8, 4) is 16.9 Å². The highest BCUT2D eigenvalue weighted by Crippen LogP contribution is 2.29. The first-order valence-electron chi connectivity index (χ1n) is 9.02. The number of ether oxygens (including phenoxy) is 2. The minimum atomic E-state index is -0.267. The lowest BCUT2D eigenvalue weighted by molar-refractivity contribution is 0.0211. The summed E-state index contributed by atoms with van der Waals surface area (Å²) in [6.07, 6.45) is 2.54. The lowest BCUT2D eigenvalue weighted by atomic mass is 10.1. The van der Waals surface area contributed by atoms with Crippen LogP contribution in [0.4, 0.5) is 4.39 Å². The van der Waals surface area contributed by atoms with Crippen LogP contribution >= 0.6 is 0 Å². The van der Waals surface area contributed by atoms with Crippen LogP contribution in [0.2, 0.25) is 0 Å². The maximum atomic E-state index is 13.1. The highest BCUT2D eigenvalue weighted by Gasteiger charge is 2.48. The van der Waals surface area contributed by atoms with Gasteiger partial charge in [-0.2, -0.15) is 0 Å². The molecule has 3 atom stereocenters. The molecule has 0 unspecified atom stereocenters. The molecule has 6 nitrogen and oxygen atoms in total. The zero-order valence-electron chi connectivity index (χ0n) is 14.6. The molecular formula is C20H19FN4O2. The fourth-order valence-electron chi connectivity index (χ4n) is 3.38. The molecule has 2 fully saturated rings. The van der Waals surface area contributed by atoms with Gasteiger partial charge in [0.25, 0.3) is 0 Å². The van der Waals surface area contributed by atoms with Gasteiger partial charge in [-0.3, -0.25) is 0 Å². The molecule has 0 saturated carbocycles. The van der Waals surface area contributed by atoms with Crippen LogP contribution in [-0.2, 0) is 16.1 Å². The van der Waals surface area contributed by atoms with E-state index in [9.17, 15) is 4.39 Å². The second-order valence-corrected chi connectivity index (χ2v) is 6.87. The van der Waals surface area contributed by atoms with E-state index in [1.165, 1.54) is 12.1 Å². The second-order valence-electron chi connectivity index (χ2n) is 6.87. The van der Waals surface area contributed by atoms with Crippen molar-refractivity contribution in [2.75, 3.05) is 13.1 Å². The van der Waals surface area contributed by atoms with Gasteiger partial charge in [0.15, 0.2) is 0 Å². The summed E-state index contributed by atoms with van der Waals surface area (Å²) in [6.45, 7) is 2.32. The van der Waals surface area contributed by atoms with E-state index < -0.39 is 0 Å². The topological polar surface area (TPSA) is 64.5 Å². The molecule has 5 rings (SSSR count). The van der Waals surface area contributed by atoms with Gasteiger partial charge < -0.3 is 14.8 Å². The summed E-state index contributed by atoms with van der Waals surface area (Å²) in [5.74, 6) is -0.267. The molecule has 138 valence electrons. The Kier molecular flexibility index (Phi) is 4.20. The van der Waals surface area contributed by atoms with Crippen LogP contribution in [0.3, 0.4) is 0 Å². The van der Waals surface area contributed by atoms with Crippen LogP contribution < -0.4 is 5.32 Å². The number of benzene rings is 2. The standard InChI is InChI=1S/C20H19FN4O2/c21-15-5-3-14(4-6-15)17-11-25(24-23-17)16-7-1-13(2-8-16)12-26-18-9-22-10-19-20(18)27-19/h1-8,11,18-20,22H,9-10,12H2/t18-,19-,20-/m1/s1. The average molecular weight is 366 g/mol. The van der Waals surface area contributed by atoms with Gasteiger partial charge in [0.2, 0.25) is 0 Å². The van der Waals surface area contributed by atoms with E-state index in [2.05, 4.69) is 15.6 Å². The molecule has 0 amide bonds. The highest BCUT2D eigenvalue weighted by molar-refractivity contribution is 5.58. The zero-order chi connectivity index (χ0) is 18.2. The van der Waals surface area contributed by atoms with E-state index in [1.54, 1.807) is 16.8 Å². The molecule has 27 heavy (non-hydrogen) atoms. The normalized spacial score (nSPS) is 23.8. The minimum Gasteiger partial charge on any atom is -0.369 e. The summed E-state index contributed by atoms with van der Waals surface area (Å²) in [5.41, 5.74) is 3.53. The summed E-state index contributed by atoms with van der Waals surface area (Å²) < 4.78 is 26.3. The number of epoxide rings is 1. The molecule has 2 aliphatic heterocycles. The van der Waals surface area contributed by atoms with Crippen molar-refractivity contribution in [3.63, 3.8) is 0 Å². The molecule has 3 heterocycles. The first-order valence-corrected chi connectivity index (χ1v) is 9.02. The van der Waals surface area contributed by atoms with Gasteiger partial charge in [0.1, 0.15) is 17.6 Å². The molecule has 0 radical (unpaired) electrons. The average Bonchev–Trinajstić information content (AvgIpc) is 3.35. The highest BCUT2D eigenvalue weighted by atomic mass is 19.1. The Balaban J connectivity index is 1.24. The first-order chi connectivity index (χ1) is 13.3. The molecule has 1 aromatic heterocycles. The van der Waals surface area contributed by atoms with E-state index in [4.69, 9.17) is 9.47 Å². The quantitative estimate of drug-likeness (QED) is 0.702. The number of rotatable bonds is 5. The van der Waals surface area contributed by atoms with Crippen LogP contribution in [-0.4, -0.2) is 46.4 Å². The number of hydrogen-bond donors (Lipinski definition) is 1. The Morgan fingerprint density at radius 3 is 2.74 bits per heavy atom. The molecule has 0 spiro atoms. The molecule has 2 aromatic carbocycles. The number of nitrogens with one attached hydrogen (secondary N) is 1. The fourth-order valence-corrected chi connectivity index (χ4v) is 3.38. The van der Waals surface area contributed by atoms with E-state index in [0.29, 0.717) is 18.4 Å². The Morgan fingerprint density at radius 1 is 1.11 bits per heavy atom. The van der Waals surface area contributed by atoms with Gasteiger partial charge in [-0.1, -0.05) is 17.3 Å². The van der Waals surface area contributed by atoms with Crippen molar-refractivity contribution in [3.05, 3.63) is 66.1 Å². The maximum Gasteiger partial charge on any atom is 0.123 e. The molecule has 2 aliphatic rings. The summed E-state index contributed by atoms with van der Waals surface area (Å²) in [6, 6.07) is 14.2. The fraction of sp³-hybridized carbons (Fsp3) is 0.300. The van der Waals surface area contributed by atoms with Crippen LogP contribution in [0.1, 0.15) is 5.56 Å². The lowest BCUT2D eigenvalue weighted by Gasteiger charge is -2.20. The number of aromatic nitrogens is 3. The van der Waals surface area contributed by atoms with Crippen molar-refractivity contribution in [2.45, 2.75) is 24.9 Å². The van der Waals surface area contributed by atoms with E-state index >= 15 is 0 Å². The third-order valence-corrected chi connectivity index (χ3v) is 4.98. The minimum absolute atomic E-state index is 0.122. The van der Waals surface area contributed by atoms with Crippen LogP contribution in [0.15, 0.2) is 54.7 Å². The number of hydrogen-bond acceptors (Lipinski definition) is 5. The van der Waals surface area contributed by atoms with Gasteiger partial charge >= 0.3 is 0 Å². The first kappa shape index (κ1) is 16.6. The van der Waals surface area contributed by atoms with Crippen molar-refractivity contribution < 1.29 is 13.9 Å². The van der Waals surface area contributed by atoms with Crippen molar-refractivity contribution in [2.24, 2.45) is 0 Å². The van der Waals surface area contributed by atoms with Gasteiger partial charge in [-0.05, 0) is 42.0 Å². The van der Waals surface area contributed by atoms with Crippen LogP contribution in [0.25, 0.3) is 16.9 Å². The van der Waals surface area contributed by atoms with Crippen molar-refractivity contribution in [1.82, 2.24) is 20.3 Å². The number of nitrogens with zero attached hydrogens (tertiary/aromatic N) is 3. The summed E-state index contributed by atoms with van der Waals surface area (Å²) in [7, 11) is 0. The summed E-state index contributed by atoms with van der Waals surface area (Å²) in [4.78, 5) is 0. The molecule has 0 aliphatic carbocycles. The molecule has 0 bridgehead atoms. The van der Waals surface area contributed by atoms with Gasteiger partial charge in [-0.25, -0.2) is 9.07 Å². The largest absolute Gasteiger partial charge is 0.369 e. The molecular weight excluding hydrogens is 347 g/mol. The predicted molar refractivity (Wildman–Crippen MR) is 96.9 cm³/mol. The zero-order valence-corrected chi connectivity index (χ0v) is 14.6. The Labute approximate surface area is 155 Å². The van der Waals surface area contributed by atoms with Crippen molar-refractivity contribution in [1.29, 1.82) is 0 Å². The Hall–Kier alpha value is -2.61. The van der Waals surface area contributed by atoms with E-state index in [-0.39, 0.29) is 18.0 Å².